The van der Waals surface area contributed by atoms with Crippen molar-refractivity contribution in [1.82, 2.24) is 10.2 Å². The van der Waals surface area contributed by atoms with Crippen LogP contribution < -0.4 is 5.32 Å². The molecule has 2 bridgehead atoms. The van der Waals surface area contributed by atoms with E-state index in [4.69, 9.17) is 0 Å². The molecule has 2 aliphatic rings. The zero-order valence-electron chi connectivity index (χ0n) is 15.2. The average molecular weight is 385 g/mol. The van der Waals surface area contributed by atoms with E-state index in [1.54, 1.807) is 36.4 Å². The highest BCUT2D eigenvalue weighted by molar-refractivity contribution is 7.90. The molecule has 27 heavy (non-hydrogen) atoms. The lowest BCUT2D eigenvalue weighted by Gasteiger charge is -2.24. The Balaban J connectivity index is 1.47. The first kappa shape index (κ1) is 18.2. The predicted octanol–water partition coefficient (Wildman–Crippen LogP) is 2.63. The normalized spacial score (nSPS) is 22.4. The first-order valence-corrected chi connectivity index (χ1v) is 11.1. The maximum Gasteiger partial charge on any atom is 0.253 e. The molecule has 2 unspecified atom stereocenters. The van der Waals surface area contributed by atoms with Crippen molar-refractivity contribution in [3.8, 4) is 0 Å². The third-order valence-corrected chi connectivity index (χ3v) is 7.17. The van der Waals surface area contributed by atoms with Gasteiger partial charge in [-0.05, 0) is 49.1 Å². The molecule has 1 N–H and O–H groups in total. The largest absolute Gasteiger partial charge is 0.337 e. The topological polar surface area (TPSA) is 66.5 Å². The fourth-order valence-electron chi connectivity index (χ4n) is 3.99. The lowest BCUT2D eigenvalue weighted by atomic mass is 10.1. The number of hydrogen-bond acceptors (Lipinski definition) is 4. The zero-order chi connectivity index (χ0) is 18.9. The smallest absolute Gasteiger partial charge is 0.253 e. The van der Waals surface area contributed by atoms with Gasteiger partial charge >= 0.3 is 0 Å². The van der Waals surface area contributed by atoms with Crippen LogP contribution in [0.3, 0.4) is 0 Å². The Hall–Kier alpha value is -2.18. The Morgan fingerprint density at radius 1 is 0.963 bits per heavy atom. The maximum absolute atomic E-state index is 12.8. The van der Waals surface area contributed by atoms with Crippen molar-refractivity contribution in [3.63, 3.8) is 0 Å². The number of nitrogens with zero attached hydrogens (tertiary/aromatic N) is 1. The van der Waals surface area contributed by atoms with Gasteiger partial charge in [0.05, 0.1) is 10.6 Å². The summed E-state index contributed by atoms with van der Waals surface area (Å²) < 4.78 is 25.2. The van der Waals surface area contributed by atoms with Crippen molar-refractivity contribution in [3.05, 3.63) is 65.7 Å². The number of likely N-dealkylation sites (tertiary alicyclic amines) is 1. The standard InChI is InChI=1S/C21H24N2O3S/c24-21(23-13-12-18-8-9-19(14-23)22-18)17-6-10-20(11-7-17)27(25,26)15-16-4-2-1-3-5-16/h1-7,10-11,18-19,22H,8-9,12-15H2. The molecule has 0 aromatic heterocycles. The number of hydrogen-bond donors (Lipinski definition) is 1. The second-order valence-electron chi connectivity index (χ2n) is 7.45. The number of nitrogens with one attached hydrogen (secondary N) is 1. The summed E-state index contributed by atoms with van der Waals surface area (Å²) in [4.78, 5) is 15.0. The minimum Gasteiger partial charge on any atom is -0.337 e. The van der Waals surface area contributed by atoms with E-state index in [1.165, 1.54) is 6.42 Å². The van der Waals surface area contributed by atoms with E-state index in [0.717, 1.165) is 31.5 Å². The lowest BCUT2D eigenvalue weighted by Crippen LogP contribution is -2.39. The van der Waals surface area contributed by atoms with Crippen LogP contribution in [-0.4, -0.2) is 44.4 Å². The Labute approximate surface area is 160 Å². The summed E-state index contributed by atoms with van der Waals surface area (Å²) in [6.07, 6.45) is 3.29. The number of rotatable bonds is 4. The van der Waals surface area contributed by atoms with E-state index in [9.17, 15) is 13.2 Å². The third kappa shape index (κ3) is 4.06. The number of sulfone groups is 1. The van der Waals surface area contributed by atoms with Crippen LogP contribution in [0.25, 0.3) is 0 Å². The molecule has 2 heterocycles. The van der Waals surface area contributed by atoms with Gasteiger partial charge in [0.15, 0.2) is 9.84 Å². The van der Waals surface area contributed by atoms with Crippen LogP contribution in [-0.2, 0) is 15.6 Å². The van der Waals surface area contributed by atoms with Crippen LogP contribution in [0.4, 0.5) is 0 Å². The fraction of sp³-hybridized carbons (Fsp3) is 0.381. The first-order chi connectivity index (χ1) is 13.0. The monoisotopic (exact) mass is 384 g/mol. The fourth-order valence-corrected chi connectivity index (χ4v) is 5.34. The zero-order valence-corrected chi connectivity index (χ0v) is 16.0. The summed E-state index contributed by atoms with van der Waals surface area (Å²) in [6, 6.07) is 16.4. The SMILES string of the molecule is O=C(c1ccc(S(=O)(=O)Cc2ccccc2)cc1)N1CCC2CCC(C1)N2. The van der Waals surface area contributed by atoms with Crippen molar-refractivity contribution < 1.29 is 13.2 Å². The van der Waals surface area contributed by atoms with Gasteiger partial charge in [-0.1, -0.05) is 30.3 Å². The Kier molecular flexibility index (Phi) is 5.02. The molecule has 0 saturated carbocycles. The molecule has 5 nitrogen and oxygen atoms in total. The molecule has 2 aliphatic heterocycles. The molecule has 2 aromatic carbocycles. The highest BCUT2D eigenvalue weighted by atomic mass is 32.2. The van der Waals surface area contributed by atoms with Gasteiger partial charge in [-0.2, -0.15) is 0 Å². The predicted molar refractivity (Wildman–Crippen MR) is 104 cm³/mol. The van der Waals surface area contributed by atoms with Crippen LogP contribution in [0, 0.1) is 0 Å². The Morgan fingerprint density at radius 2 is 1.67 bits per heavy atom. The summed E-state index contributed by atoms with van der Waals surface area (Å²) in [7, 11) is -3.43. The van der Waals surface area contributed by atoms with Gasteiger partial charge in [0, 0.05) is 30.7 Å². The van der Waals surface area contributed by atoms with Crippen LogP contribution in [0.15, 0.2) is 59.5 Å². The summed E-state index contributed by atoms with van der Waals surface area (Å²) >= 11 is 0. The number of fused-ring (bicyclic) bond motifs is 2. The number of benzene rings is 2. The van der Waals surface area contributed by atoms with E-state index in [2.05, 4.69) is 5.32 Å². The van der Waals surface area contributed by atoms with Gasteiger partial charge in [-0.3, -0.25) is 4.79 Å². The summed E-state index contributed by atoms with van der Waals surface area (Å²) in [5.41, 5.74) is 1.30. The van der Waals surface area contributed by atoms with Gasteiger partial charge in [0.2, 0.25) is 0 Å². The molecule has 0 aliphatic carbocycles. The minimum absolute atomic E-state index is 0.0173. The van der Waals surface area contributed by atoms with Crippen LogP contribution in [0.5, 0.6) is 0 Å². The molecule has 0 radical (unpaired) electrons. The quantitative estimate of drug-likeness (QED) is 0.880. The van der Waals surface area contributed by atoms with E-state index >= 15 is 0 Å². The summed E-state index contributed by atoms with van der Waals surface area (Å²) in [5.74, 6) is -0.0569. The molecule has 2 fully saturated rings. The van der Waals surface area contributed by atoms with Gasteiger partial charge in [-0.25, -0.2) is 8.42 Å². The highest BCUT2D eigenvalue weighted by Crippen LogP contribution is 2.22. The van der Waals surface area contributed by atoms with Gasteiger partial charge in [-0.15, -0.1) is 0 Å². The van der Waals surface area contributed by atoms with E-state index in [1.807, 2.05) is 23.1 Å². The second kappa shape index (κ2) is 7.44. The first-order valence-electron chi connectivity index (χ1n) is 9.43. The molecule has 142 valence electrons. The third-order valence-electron chi connectivity index (χ3n) is 5.47. The van der Waals surface area contributed by atoms with Crippen molar-refractivity contribution >= 4 is 15.7 Å². The van der Waals surface area contributed by atoms with Crippen molar-refractivity contribution in [2.45, 2.75) is 42.0 Å². The van der Waals surface area contributed by atoms with E-state index in [0.29, 0.717) is 17.6 Å². The van der Waals surface area contributed by atoms with Gasteiger partial charge in [0.1, 0.15) is 0 Å². The molecule has 2 atom stereocenters. The second-order valence-corrected chi connectivity index (χ2v) is 9.44. The number of amides is 1. The van der Waals surface area contributed by atoms with Crippen LogP contribution in [0.2, 0.25) is 0 Å². The molecule has 1 amide bonds. The molecule has 2 saturated heterocycles. The van der Waals surface area contributed by atoms with Gasteiger partial charge < -0.3 is 10.2 Å². The Bertz CT molecular complexity index is 910. The minimum atomic E-state index is -3.43. The van der Waals surface area contributed by atoms with E-state index < -0.39 is 9.84 Å². The molecular formula is C21H24N2O3S. The molecule has 4 rings (SSSR count). The average Bonchev–Trinajstić information content (AvgIpc) is 3.00. The highest BCUT2D eigenvalue weighted by Gasteiger charge is 2.31. The van der Waals surface area contributed by atoms with E-state index in [-0.39, 0.29) is 16.6 Å². The summed E-state index contributed by atoms with van der Waals surface area (Å²) in [5, 5.41) is 3.57. The molecular weight excluding hydrogens is 360 g/mol. The number of carbonyl (C=O) groups is 1. The summed E-state index contributed by atoms with van der Waals surface area (Å²) in [6.45, 7) is 1.48. The van der Waals surface area contributed by atoms with Crippen LogP contribution >= 0.6 is 0 Å². The van der Waals surface area contributed by atoms with Crippen molar-refractivity contribution in [2.24, 2.45) is 0 Å². The number of carbonyl (C=O) groups excluding carboxylic acids is 1. The maximum atomic E-state index is 12.8. The molecule has 2 aromatic rings. The lowest BCUT2D eigenvalue weighted by molar-refractivity contribution is 0.0748. The molecule has 6 heteroatoms. The van der Waals surface area contributed by atoms with Crippen molar-refractivity contribution in [2.75, 3.05) is 13.1 Å². The van der Waals surface area contributed by atoms with Crippen molar-refractivity contribution in [1.29, 1.82) is 0 Å². The molecule has 0 spiro atoms. The van der Waals surface area contributed by atoms with Gasteiger partial charge in [0.25, 0.3) is 5.91 Å². The Morgan fingerprint density at radius 3 is 2.41 bits per heavy atom. The van der Waals surface area contributed by atoms with Crippen LogP contribution in [0.1, 0.15) is 35.2 Å².